The van der Waals surface area contributed by atoms with E-state index in [-0.39, 0.29) is 16.3 Å². The van der Waals surface area contributed by atoms with Gasteiger partial charge in [0.1, 0.15) is 0 Å². The predicted molar refractivity (Wildman–Crippen MR) is 92.1 cm³/mol. The number of amides is 1. The first-order valence-corrected chi connectivity index (χ1v) is 8.06. The van der Waals surface area contributed by atoms with E-state index in [0.717, 1.165) is 12.3 Å². The molecule has 0 bridgehead atoms. The first-order valence-electron chi connectivity index (χ1n) is 8.06. The molecule has 1 aromatic heterocycles. The van der Waals surface area contributed by atoms with Crippen molar-refractivity contribution in [3.8, 4) is 0 Å². The number of hydrogen-bond acceptors (Lipinski definition) is 3. The van der Waals surface area contributed by atoms with Gasteiger partial charge < -0.3 is 10.4 Å². The van der Waals surface area contributed by atoms with Crippen LogP contribution in [0.1, 0.15) is 15.9 Å². The zero-order chi connectivity index (χ0) is 21.4. The van der Waals surface area contributed by atoms with Gasteiger partial charge in [0.05, 0.1) is 11.3 Å². The number of alkyl halides is 6. The first kappa shape index (κ1) is 20.6. The quantitative estimate of drug-likeness (QED) is 0.606. The highest BCUT2D eigenvalue weighted by atomic mass is 19.4. The van der Waals surface area contributed by atoms with Gasteiger partial charge in [0.25, 0.3) is 11.5 Å². The Morgan fingerprint density at radius 3 is 2.14 bits per heavy atom. The minimum absolute atomic E-state index is 0.0889. The molecule has 0 unspecified atom stereocenters. The lowest BCUT2D eigenvalue weighted by molar-refractivity contribution is -0.375. The zero-order valence-electron chi connectivity index (χ0n) is 14.3. The van der Waals surface area contributed by atoms with Crippen LogP contribution in [0.2, 0.25) is 0 Å². The maximum absolute atomic E-state index is 13.4. The van der Waals surface area contributed by atoms with Crippen molar-refractivity contribution in [3.05, 3.63) is 72.1 Å². The standard InChI is InChI=1S/C19H12F6N2O2/c20-18(21,22)17(29,19(23,24)25)14-8-7-11-4-1-2-6-13(11)15(14)27-16(28)12-5-3-9-26-10-12/h1-10,29H,(H,27,28). The number of halogens is 6. The SMILES string of the molecule is O=C(Nc1c(C(O)(C(F)(F)F)C(F)(F)F)ccc2ccccc12)c1cccnc1. The fraction of sp³-hybridized carbons (Fsp3) is 0.158. The van der Waals surface area contributed by atoms with Crippen molar-refractivity contribution in [2.45, 2.75) is 18.0 Å². The molecule has 0 radical (unpaired) electrons. The Hall–Kier alpha value is -3.14. The van der Waals surface area contributed by atoms with Crippen LogP contribution in [0, 0.1) is 0 Å². The molecule has 0 aliphatic carbocycles. The lowest BCUT2D eigenvalue weighted by Crippen LogP contribution is -2.54. The molecule has 0 spiro atoms. The molecule has 1 heterocycles. The summed E-state index contributed by atoms with van der Waals surface area (Å²) in [5.41, 5.74) is -7.61. The Balaban J connectivity index is 2.28. The summed E-state index contributed by atoms with van der Waals surface area (Å²) in [6.45, 7) is 0. The van der Waals surface area contributed by atoms with Gasteiger partial charge in [-0.05, 0) is 17.5 Å². The summed E-state index contributed by atoms with van der Waals surface area (Å²) in [6.07, 6.45) is -9.75. The number of fused-ring (bicyclic) bond motifs is 1. The predicted octanol–water partition coefficient (Wildman–Crippen LogP) is 4.80. The third-order valence-corrected chi connectivity index (χ3v) is 4.30. The Labute approximate surface area is 159 Å². The van der Waals surface area contributed by atoms with Gasteiger partial charge in [-0.15, -0.1) is 0 Å². The summed E-state index contributed by atoms with van der Waals surface area (Å²) in [6, 6.07) is 9.76. The number of aromatic nitrogens is 1. The Morgan fingerprint density at radius 2 is 1.55 bits per heavy atom. The summed E-state index contributed by atoms with van der Waals surface area (Å²) < 4.78 is 80.6. The molecule has 29 heavy (non-hydrogen) atoms. The molecule has 10 heteroatoms. The van der Waals surface area contributed by atoms with E-state index in [9.17, 15) is 36.2 Å². The van der Waals surface area contributed by atoms with Gasteiger partial charge in [0.15, 0.2) is 0 Å². The van der Waals surface area contributed by atoms with Crippen LogP contribution in [0.15, 0.2) is 60.9 Å². The van der Waals surface area contributed by atoms with Crippen molar-refractivity contribution >= 4 is 22.4 Å². The molecular weight excluding hydrogens is 402 g/mol. The van der Waals surface area contributed by atoms with Crippen LogP contribution in [-0.4, -0.2) is 28.4 Å². The normalized spacial score (nSPS) is 12.8. The number of rotatable bonds is 3. The van der Waals surface area contributed by atoms with Gasteiger partial charge in [-0.1, -0.05) is 36.4 Å². The van der Waals surface area contributed by atoms with E-state index in [4.69, 9.17) is 0 Å². The second-order valence-corrected chi connectivity index (χ2v) is 6.11. The Bertz CT molecular complexity index is 1030. The van der Waals surface area contributed by atoms with Crippen molar-refractivity contribution in [1.82, 2.24) is 4.98 Å². The summed E-state index contributed by atoms with van der Waals surface area (Å²) in [5.74, 6) is -0.984. The van der Waals surface area contributed by atoms with E-state index in [2.05, 4.69) is 10.3 Å². The van der Waals surface area contributed by atoms with Crippen molar-refractivity contribution in [1.29, 1.82) is 0 Å². The molecular formula is C19H12F6N2O2. The van der Waals surface area contributed by atoms with Gasteiger partial charge in [-0.25, -0.2) is 0 Å². The molecule has 4 nitrogen and oxygen atoms in total. The van der Waals surface area contributed by atoms with Crippen LogP contribution >= 0.6 is 0 Å². The largest absolute Gasteiger partial charge is 0.430 e. The molecule has 2 aromatic carbocycles. The molecule has 0 saturated heterocycles. The molecule has 3 aromatic rings. The molecule has 152 valence electrons. The van der Waals surface area contributed by atoms with E-state index < -0.39 is 35.1 Å². The number of hydrogen-bond donors (Lipinski definition) is 2. The number of carbonyl (C=O) groups excluding carboxylic acids is 1. The molecule has 1 amide bonds. The van der Waals surface area contributed by atoms with Crippen LogP contribution < -0.4 is 5.32 Å². The zero-order valence-corrected chi connectivity index (χ0v) is 14.3. The van der Waals surface area contributed by atoms with Gasteiger partial charge in [0.2, 0.25) is 0 Å². The minimum Gasteiger partial charge on any atom is -0.369 e. The van der Waals surface area contributed by atoms with Gasteiger partial charge in [-0.3, -0.25) is 9.78 Å². The van der Waals surface area contributed by atoms with E-state index >= 15 is 0 Å². The van der Waals surface area contributed by atoms with Crippen LogP contribution in [0.3, 0.4) is 0 Å². The molecule has 0 aliphatic rings. The lowest BCUT2D eigenvalue weighted by Gasteiger charge is -2.34. The average Bonchev–Trinajstić information content (AvgIpc) is 2.66. The smallest absolute Gasteiger partial charge is 0.369 e. The van der Waals surface area contributed by atoms with E-state index in [0.29, 0.717) is 6.07 Å². The Morgan fingerprint density at radius 1 is 0.897 bits per heavy atom. The fourth-order valence-corrected chi connectivity index (χ4v) is 2.86. The highest BCUT2D eigenvalue weighted by Gasteiger charge is 2.72. The second-order valence-electron chi connectivity index (χ2n) is 6.11. The lowest BCUT2D eigenvalue weighted by atomic mass is 9.88. The highest BCUT2D eigenvalue weighted by Crippen LogP contribution is 2.53. The van der Waals surface area contributed by atoms with Crippen molar-refractivity contribution < 1.29 is 36.2 Å². The number of nitrogens with one attached hydrogen (secondary N) is 1. The molecule has 0 saturated carbocycles. The maximum Gasteiger partial charge on any atom is 0.430 e. The van der Waals surface area contributed by atoms with Crippen molar-refractivity contribution in [2.75, 3.05) is 5.32 Å². The van der Waals surface area contributed by atoms with E-state index in [1.54, 1.807) is 0 Å². The number of anilines is 1. The number of pyridine rings is 1. The summed E-state index contributed by atoms with van der Waals surface area (Å²) in [4.78, 5) is 16.1. The molecule has 0 aliphatic heterocycles. The summed E-state index contributed by atoms with van der Waals surface area (Å²) in [5, 5.41) is 12.1. The number of benzene rings is 2. The molecule has 0 atom stereocenters. The Kier molecular flexibility index (Phi) is 4.99. The molecule has 2 N–H and O–H groups in total. The van der Waals surface area contributed by atoms with Gasteiger partial charge >= 0.3 is 12.4 Å². The minimum atomic E-state index is -6.10. The fourth-order valence-electron chi connectivity index (χ4n) is 2.86. The average molecular weight is 414 g/mol. The van der Waals surface area contributed by atoms with Crippen molar-refractivity contribution in [2.24, 2.45) is 0 Å². The third kappa shape index (κ3) is 3.51. The van der Waals surface area contributed by atoms with Crippen LogP contribution in [0.4, 0.5) is 32.0 Å². The van der Waals surface area contributed by atoms with Crippen LogP contribution in [-0.2, 0) is 5.60 Å². The van der Waals surface area contributed by atoms with Crippen molar-refractivity contribution in [3.63, 3.8) is 0 Å². The van der Waals surface area contributed by atoms with Crippen LogP contribution in [0.5, 0.6) is 0 Å². The molecule has 3 rings (SSSR count). The summed E-state index contributed by atoms with van der Waals surface area (Å²) >= 11 is 0. The molecule has 0 fully saturated rings. The maximum atomic E-state index is 13.4. The van der Waals surface area contributed by atoms with E-state index in [1.807, 2.05) is 0 Å². The number of carbonyl (C=O) groups is 1. The highest BCUT2D eigenvalue weighted by molar-refractivity contribution is 6.10. The topological polar surface area (TPSA) is 62.2 Å². The third-order valence-electron chi connectivity index (χ3n) is 4.30. The number of nitrogens with zero attached hydrogens (tertiary/aromatic N) is 1. The second kappa shape index (κ2) is 7.03. The number of aliphatic hydroxyl groups is 1. The van der Waals surface area contributed by atoms with E-state index in [1.165, 1.54) is 42.6 Å². The monoisotopic (exact) mass is 414 g/mol. The summed E-state index contributed by atoms with van der Waals surface area (Å²) in [7, 11) is 0. The van der Waals surface area contributed by atoms with Crippen LogP contribution in [0.25, 0.3) is 10.8 Å². The first-order chi connectivity index (χ1) is 13.5. The van der Waals surface area contributed by atoms with Gasteiger partial charge in [-0.2, -0.15) is 26.3 Å². The van der Waals surface area contributed by atoms with Gasteiger partial charge in [0, 0.05) is 23.3 Å².